The first-order valence-corrected chi connectivity index (χ1v) is 7.69. The summed E-state index contributed by atoms with van der Waals surface area (Å²) in [5.74, 6) is -0.825. The summed E-state index contributed by atoms with van der Waals surface area (Å²) in [6, 6.07) is 22.6. The van der Waals surface area contributed by atoms with Gasteiger partial charge >= 0.3 is 5.97 Å². The van der Waals surface area contributed by atoms with Gasteiger partial charge in [0.05, 0.1) is 5.56 Å². The van der Waals surface area contributed by atoms with Gasteiger partial charge in [0.25, 0.3) is 5.91 Å². The highest BCUT2D eigenvalue weighted by Crippen LogP contribution is 2.19. The molecule has 0 atom stereocenters. The lowest BCUT2D eigenvalue weighted by molar-refractivity contribution is -0.124. The molecule has 0 spiro atoms. The Kier molecular flexibility index (Phi) is 4.87. The number of carbonyl (C=O) groups excluding carboxylic acids is 2. The SMILES string of the molecule is O=C(COC(=O)c1cccc2ccccc12)NCc1ccccc1. The second-order valence-electron chi connectivity index (χ2n) is 5.37. The van der Waals surface area contributed by atoms with Gasteiger partial charge in [-0.25, -0.2) is 4.79 Å². The first-order chi connectivity index (χ1) is 11.7. The highest BCUT2D eigenvalue weighted by molar-refractivity contribution is 6.04. The molecule has 1 N–H and O–H groups in total. The maximum atomic E-state index is 12.2. The third-order valence-electron chi connectivity index (χ3n) is 3.68. The van der Waals surface area contributed by atoms with Crippen LogP contribution in [0.4, 0.5) is 0 Å². The normalized spacial score (nSPS) is 10.3. The smallest absolute Gasteiger partial charge is 0.339 e. The fourth-order valence-electron chi connectivity index (χ4n) is 2.46. The molecule has 4 heteroatoms. The summed E-state index contributed by atoms with van der Waals surface area (Å²) < 4.78 is 5.14. The van der Waals surface area contributed by atoms with Crippen LogP contribution < -0.4 is 5.32 Å². The Bertz CT molecular complexity index is 854. The Balaban J connectivity index is 1.58. The first kappa shape index (κ1) is 15.7. The maximum absolute atomic E-state index is 12.2. The Morgan fingerprint density at radius 1 is 0.833 bits per heavy atom. The molecule has 0 aliphatic rings. The number of hydrogen-bond acceptors (Lipinski definition) is 3. The van der Waals surface area contributed by atoms with Crippen molar-refractivity contribution in [3.8, 4) is 0 Å². The third-order valence-corrected chi connectivity index (χ3v) is 3.68. The summed E-state index contributed by atoms with van der Waals surface area (Å²) in [6.07, 6.45) is 0. The van der Waals surface area contributed by atoms with Gasteiger partial charge in [0, 0.05) is 6.54 Å². The molecule has 3 aromatic rings. The van der Waals surface area contributed by atoms with Gasteiger partial charge in [-0.1, -0.05) is 66.7 Å². The van der Waals surface area contributed by atoms with E-state index in [9.17, 15) is 9.59 Å². The lowest BCUT2D eigenvalue weighted by Crippen LogP contribution is -2.28. The van der Waals surface area contributed by atoms with E-state index in [2.05, 4.69) is 5.32 Å². The molecule has 24 heavy (non-hydrogen) atoms. The van der Waals surface area contributed by atoms with Gasteiger partial charge in [-0.2, -0.15) is 0 Å². The number of nitrogens with one attached hydrogen (secondary N) is 1. The van der Waals surface area contributed by atoms with Gasteiger partial charge in [0.1, 0.15) is 0 Å². The van der Waals surface area contributed by atoms with Gasteiger partial charge in [-0.05, 0) is 22.4 Å². The van der Waals surface area contributed by atoms with E-state index in [-0.39, 0.29) is 12.5 Å². The van der Waals surface area contributed by atoms with Gasteiger partial charge in [0.2, 0.25) is 0 Å². The van der Waals surface area contributed by atoms with Crippen molar-refractivity contribution in [1.82, 2.24) is 5.32 Å². The topological polar surface area (TPSA) is 55.4 Å². The molecule has 0 saturated carbocycles. The molecule has 0 fully saturated rings. The van der Waals surface area contributed by atoms with Crippen LogP contribution in [0.3, 0.4) is 0 Å². The molecule has 0 heterocycles. The van der Waals surface area contributed by atoms with Crippen molar-refractivity contribution < 1.29 is 14.3 Å². The Labute approximate surface area is 140 Å². The Hall–Kier alpha value is -3.14. The summed E-state index contributed by atoms with van der Waals surface area (Å²) in [5.41, 5.74) is 1.45. The first-order valence-electron chi connectivity index (χ1n) is 7.69. The summed E-state index contributed by atoms with van der Waals surface area (Å²) in [7, 11) is 0. The number of amides is 1. The molecular weight excluding hydrogens is 302 g/mol. The molecule has 0 bridgehead atoms. The van der Waals surface area contributed by atoms with E-state index in [1.807, 2.05) is 60.7 Å². The van der Waals surface area contributed by atoms with E-state index in [0.29, 0.717) is 12.1 Å². The van der Waals surface area contributed by atoms with Crippen LogP contribution in [-0.2, 0) is 16.1 Å². The summed E-state index contributed by atoms with van der Waals surface area (Å²) in [6.45, 7) is 0.111. The number of esters is 1. The number of carbonyl (C=O) groups is 2. The van der Waals surface area contributed by atoms with Crippen molar-refractivity contribution in [1.29, 1.82) is 0 Å². The second kappa shape index (κ2) is 7.42. The molecule has 120 valence electrons. The fourth-order valence-corrected chi connectivity index (χ4v) is 2.46. The van der Waals surface area contributed by atoms with Crippen molar-refractivity contribution in [3.05, 3.63) is 83.9 Å². The maximum Gasteiger partial charge on any atom is 0.339 e. The minimum atomic E-state index is -0.498. The minimum absolute atomic E-state index is 0.297. The van der Waals surface area contributed by atoms with Crippen LogP contribution in [0, 0.1) is 0 Å². The predicted molar refractivity (Wildman–Crippen MR) is 92.5 cm³/mol. The molecular formula is C20H17NO3. The molecule has 0 radical (unpaired) electrons. The number of rotatable bonds is 5. The van der Waals surface area contributed by atoms with E-state index in [1.165, 1.54) is 0 Å². The minimum Gasteiger partial charge on any atom is -0.452 e. The molecule has 3 rings (SSSR count). The molecule has 3 aromatic carbocycles. The van der Waals surface area contributed by atoms with Gasteiger partial charge in [-0.15, -0.1) is 0 Å². The molecule has 0 saturated heterocycles. The van der Waals surface area contributed by atoms with E-state index >= 15 is 0 Å². The van der Waals surface area contributed by atoms with Crippen LogP contribution in [0.5, 0.6) is 0 Å². The van der Waals surface area contributed by atoms with Crippen molar-refractivity contribution in [2.45, 2.75) is 6.54 Å². The molecule has 0 aliphatic carbocycles. The molecule has 0 aromatic heterocycles. The summed E-state index contributed by atoms with van der Waals surface area (Å²) in [5, 5.41) is 4.50. The third kappa shape index (κ3) is 3.79. The van der Waals surface area contributed by atoms with Gasteiger partial charge < -0.3 is 10.1 Å². The summed E-state index contributed by atoms with van der Waals surface area (Å²) >= 11 is 0. The van der Waals surface area contributed by atoms with Crippen LogP contribution in [-0.4, -0.2) is 18.5 Å². The second-order valence-corrected chi connectivity index (χ2v) is 5.37. The standard InChI is InChI=1S/C20H17NO3/c22-19(21-13-15-7-2-1-3-8-15)14-24-20(23)18-12-6-10-16-9-4-5-11-17(16)18/h1-12H,13-14H2,(H,21,22). The highest BCUT2D eigenvalue weighted by atomic mass is 16.5. The number of benzene rings is 3. The number of hydrogen-bond donors (Lipinski definition) is 1. The number of fused-ring (bicyclic) bond motifs is 1. The zero-order valence-corrected chi connectivity index (χ0v) is 13.1. The van der Waals surface area contributed by atoms with E-state index in [0.717, 1.165) is 16.3 Å². The zero-order valence-electron chi connectivity index (χ0n) is 13.1. The van der Waals surface area contributed by atoms with Crippen LogP contribution in [0.1, 0.15) is 15.9 Å². The summed E-state index contributed by atoms with van der Waals surface area (Å²) in [4.78, 5) is 24.1. The van der Waals surface area contributed by atoms with E-state index in [4.69, 9.17) is 4.74 Å². The van der Waals surface area contributed by atoms with Crippen LogP contribution in [0.25, 0.3) is 10.8 Å². The average Bonchev–Trinajstić information content (AvgIpc) is 2.64. The average molecular weight is 319 g/mol. The largest absolute Gasteiger partial charge is 0.452 e. The quantitative estimate of drug-likeness (QED) is 0.734. The molecule has 0 unspecified atom stereocenters. The van der Waals surface area contributed by atoms with Gasteiger partial charge in [0.15, 0.2) is 6.61 Å². The molecule has 4 nitrogen and oxygen atoms in total. The van der Waals surface area contributed by atoms with Crippen molar-refractivity contribution in [2.75, 3.05) is 6.61 Å². The fraction of sp³-hybridized carbons (Fsp3) is 0.100. The molecule has 0 aliphatic heterocycles. The van der Waals surface area contributed by atoms with Crippen molar-refractivity contribution >= 4 is 22.6 Å². The lowest BCUT2D eigenvalue weighted by Gasteiger charge is -2.08. The van der Waals surface area contributed by atoms with Crippen molar-refractivity contribution in [2.24, 2.45) is 0 Å². The van der Waals surface area contributed by atoms with Crippen molar-refractivity contribution in [3.63, 3.8) is 0 Å². The monoisotopic (exact) mass is 319 g/mol. The Morgan fingerprint density at radius 2 is 1.54 bits per heavy atom. The zero-order chi connectivity index (χ0) is 16.8. The Morgan fingerprint density at radius 3 is 2.38 bits per heavy atom. The van der Waals surface area contributed by atoms with Crippen LogP contribution >= 0.6 is 0 Å². The number of ether oxygens (including phenoxy) is 1. The van der Waals surface area contributed by atoms with E-state index < -0.39 is 5.97 Å². The highest BCUT2D eigenvalue weighted by Gasteiger charge is 2.12. The van der Waals surface area contributed by atoms with Gasteiger partial charge in [-0.3, -0.25) is 4.79 Å². The van der Waals surface area contributed by atoms with Crippen LogP contribution in [0.2, 0.25) is 0 Å². The predicted octanol–water partition coefficient (Wildman–Crippen LogP) is 3.31. The van der Waals surface area contributed by atoms with E-state index in [1.54, 1.807) is 12.1 Å². The van der Waals surface area contributed by atoms with Crippen LogP contribution in [0.15, 0.2) is 72.8 Å². The lowest BCUT2D eigenvalue weighted by atomic mass is 10.1. The molecule has 1 amide bonds.